The molecule has 4 heteroatoms. The van der Waals surface area contributed by atoms with Crippen LogP contribution >= 0.6 is 0 Å². The summed E-state index contributed by atoms with van der Waals surface area (Å²) >= 11 is 0. The van der Waals surface area contributed by atoms with Crippen LogP contribution in [0.2, 0.25) is 0 Å². The van der Waals surface area contributed by atoms with Crippen LogP contribution < -0.4 is 16.0 Å². The van der Waals surface area contributed by atoms with Crippen molar-refractivity contribution in [3.8, 4) is 5.75 Å². The van der Waals surface area contributed by atoms with Gasteiger partial charge in [0.1, 0.15) is 5.75 Å². The van der Waals surface area contributed by atoms with Gasteiger partial charge in [-0.15, -0.1) is 0 Å². The van der Waals surface area contributed by atoms with Crippen molar-refractivity contribution in [1.29, 1.82) is 0 Å². The number of rotatable bonds is 5. The highest BCUT2D eigenvalue weighted by Gasteiger charge is 2.19. The molecule has 0 amide bonds. The Morgan fingerprint density at radius 1 is 1.39 bits per heavy atom. The normalized spacial score (nSPS) is 18.6. The van der Waals surface area contributed by atoms with Crippen LogP contribution in [-0.2, 0) is 0 Å². The summed E-state index contributed by atoms with van der Waals surface area (Å²) in [7, 11) is 1.66. The summed E-state index contributed by atoms with van der Waals surface area (Å²) in [6.07, 6.45) is 11.4. The molecule has 100 valence electrons. The Hall–Kier alpha value is -1.13. The molecule has 1 unspecified atom stereocenters. The average Bonchev–Trinajstić information content (AvgIpc) is 2.46. The van der Waals surface area contributed by atoms with Gasteiger partial charge in [0, 0.05) is 12.2 Å². The highest BCUT2D eigenvalue weighted by Crippen LogP contribution is 2.32. The maximum Gasteiger partial charge on any atom is 0.137 e. The first kappa shape index (κ1) is 13.3. The topological polar surface area (TPSA) is 60.2 Å². The van der Waals surface area contributed by atoms with Crippen LogP contribution in [0, 0.1) is 5.92 Å². The first-order valence-electron chi connectivity index (χ1n) is 6.78. The summed E-state index contributed by atoms with van der Waals surface area (Å²) in [6, 6.07) is 2.19. The van der Waals surface area contributed by atoms with Gasteiger partial charge in [-0.25, -0.2) is 0 Å². The second-order valence-electron chi connectivity index (χ2n) is 5.12. The van der Waals surface area contributed by atoms with Gasteiger partial charge in [-0.2, -0.15) is 0 Å². The third-order valence-electron chi connectivity index (χ3n) is 3.87. The fourth-order valence-corrected chi connectivity index (χ4v) is 2.79. The van der Waals surface area contributed by atoms with Gasteiger partial charge in [0.05, 0.1) is 13.3 Å². The Labute approximate surface area is 109 Å². The number of hydrogen-bond acceptors (Lipinski definition) is 4. The van der Waals surface area contributed by atoms with Gasteiger partial charge >= 0.3 is 0 Å². The molecule has 18 heavy (non-hydrogen) atoms. The number of methoxy groups -OCH3 is 1. The molecule has 0 bridgehead atoms. The van der Waals surface area contributed by atoms with Crippen LogP contribution in [0.5, 0.6) is 5.75 Å². The zero-order chi connectivity index (χ0) is 12.8. The molecule has 0 saturated heterocycles. The maximum absolute atomic E-state index is 5.69. The van der Waals surface area contributed by atoms with Crippen molar-refractivity contribution in [2.45, 2.75) is 44.6 Å². The van der Waals surface area contributed by atoms with Gasteiger partial charge in [-0.3, -0.25) is 16.3 Å². The summed E-state index contributed by atoms with van der Waals surface area (Å²) in [5.41, 5.74) is 4.03. The van der Waals surface area contributed by atoms with E-state index in [2.05, 4.69) is 10.4 Å². The van der Waals surface area contributed by atoms with Gasteiger partial charge in [-0.1, -0.05) is 32.1 Å². The first-order valence-corrected chi connectivity index (χ1v) is 6.78. The van der Waals surface area contributed by atoms with E-state index in [0.717, 1.165) is 23.7 Å². The number of nitrogens with zero attached hydrogens (tertiary/aromatic N) is 1. The van der Waals surface area contributed by atoms with Crippen molar-refractivity contribution in [2.24, 2.45) is 11.8 Å². The minimum atomic E-state index is 0.177. The zero-order valence-electron chi connectivity index (χ0n) is 11.1. The Bertz CT molecular complexity index is 364. The van der Waals surface area contributed by atoms with E-state index in [1.54, 1.807) is 13.3 Å². The molecule has 3 N–H and O–H groups in total. The summed E-state index contributed by atoms with van der Waals surface area (Å²) in [5.74, 6) is 7.27. The molecule has 0 aromatic carbocycles. The van der Waals surface area contributed by atoms with Crippen LogP contribution in [0.3, 0.4) is 0 Å². The number of hydrogen-bond donors (Lipinski definition) is 2. The average molecular weight is 249 g/mol. The van der Waals surface area contributed by atoms with Crippen LogP contribution in [0.4, 0.5) is 0 Å². The van der Waals surface area contributed by atoms with E-state index in [-0.39, 0.29) is 6.04 Å². The Morgan fingerprint density at radius 2 is 2.17 bits per heavy atom. The third kappa shape index (κ3) is 3.43. The molecule has 2 rings (SSSR count). The Balaban J connectivity index is 2.02. The van der Waals surface area contributed by atoms with E-state index in [4.69, 9.17) is 10.6 Å². The third-order valence-corrected chi connectivity index (χ3v) is 3.87. The maximum atomic E-state index is 5.69. The van der Waals surface area contributed by atoms with Crippen molar-refractivity contribution in [1.82, 2.24) is 10.4 Å². The van der Waals surface area contributed by atoms with Crippen molar-refractivity contribution >= 4 is 0 Å². The standard InChI is InChI=1S/C14H23N3O/c1-18-13-8-12(9-16-10-13)14(17-15)7-11-5-3-2-4-6-11/h8-11,14,17H,2-7,15H2,1H3. The van der Waals surface area contributed by atoms with E-state index in [1.807, 2.05) is 12.3 Å². The number of nitrogens with one attached hydrogen (secondary N) is 1. The number of aromatic nitrogens is 1. The second kappa shape index (κ2) is 6.71. The summed E-state index contributed by atoms with van der Waals surface area (Å²) < 4.78 is 5.21. The van der Waals surface area contributed by atoms with Crippen molar-refractivity contribution < 1.29 is 4.74 Å². The summed E-state index contributed by atoms with van der Waals surface area (Å²) in [5, 5.41) is 0. The molecule has 1 atom stereocenters. The Kier molecular flexibility index (Phi) is 4.96. The second-order valence-corrected chi connectivity index (χ2v) is 5.12. The number of nitrogens with two attached hydrogens (primary N) is 1. The molecule has 1 aliphatic rings. The molecule has 4 nitrogen and oxygen atoms in total. The molecular weight excluding hydrogens is 226 g/mol. The lowest BCUT2D eigenvalue weighted by Crippen LogP contribution is -2.30. The summed E-state index contributed by atoms with van der Waals surface area (Å²) in [4.78, 5) is 4.20. The molecular formula is C14H23N3O. The fraction of sp³-hybridized carbons (Fsp3) is 0.643. The van der Waals surface area contributed by atoms with E-state index in [0.29, 0.717) is 0 Å². The van der Waals surface area contributed by atoms with Crippen LogP contribution in [-0.4, -0.2) is 12.1 Å². The van der Waals surface area contributed by atoms with Crippen molar-refractivity contribution in [2.75, 3.05) is 7.11 Å². The lowest BCUT2D eigenvalue weighted by Gasteiger charge is -2.26. The number of hydrazine groups is 1. The molecule has 0 spiro atoms. The number of ether oxygens (including phenoxy) is 1. The van der Waals surface area contributed by atoms with Gasteiger partial charge < -0.3 is 4.74 Å². The lowest BCUT2D eigenvalue weighted by molar-refractivity contribution is 0.300. The summed E-state index contributed by atoms with van der Waals surface area (Å²) in [6.45, 7) is 0. The molecule has 1 saturated carbocycles. The van der Waals surface area contributed by atoms with Crippen molar-refractivity contribution in [3.05, 3.63) is 24.0 Å². The molecule has 1 aromatic rings. The molecule has 0 aliphatic heterocycles. The van der Waals surface area contributed by atoms with Crippen LogP contribution in [0.15, 0.2) is 18.5 Å². The number of pyridine rings is 1. The Morgan fingerprint density at radius 3 is 2.83 bits per heavy atom. The molecule has 1 heterocycles. The highest BCUT2D eigenvalue weighted by molar-refractivity contribution is 5.25. The van der Waals surface area contributed by atoms with Gasteiger partial charge in [-0.05, 0) is 24.0 Å². The van der Waals surface area contributed by atoms with Gasteiger partial charge in [0.25, 0.3) is 0 Å². The van der Waals surface area contributed by atoms with Crippen molar-refractivity contribution in [3.63, 3.8) is 0 Å². The van der Waals surface area contributed by atoms with Gasteiger partial charge in [0.15, 0.2) is 0 Å². The molecule has 0 radical (unpaired) electrons. The van der Waals surface area contributed by atoms with Crippen LogP contribution in [0.25, 0.3) is 0 Å². The van der Waals surface area contributed by atoms with E-state index < -0.39 is 0 Å². The predicted octanol–water partition coefficient (Wildman–Crippen LogP) is 2.57. The van der Waals surface area contributed by atoms with Gasteiger partial charge in [0.2, 0.25) is 0 Å². The van der Waals surface area contributed by atoms with E-state index in [9.17, 15) is 0 Å². The zero-order valence-corrected chi connectivity index (χ0v) is 11.1. The minimum Gasteiger partial charge on any atom is -0.495 e. The minimum absolute atomic E-state index is 0.177. The fourth-order valence-electron chi connectivity index (χ4n) is 2.79. The molecule has 1 fully saturated rings. The lowest BCUT2D eigenvalue weighted by atomic mass is 9.84. The highest BCUT2D eigenvalue weighted by atomic mass is 16.5. The first-order chi connectivity index (χ1) is 8.83. The van der Waals surface area contributed by atoms with E-state index >= 15 is 0 Å². The predicted molar refractivity (Wildman–Crippen MR) is 72.0 cm³/mol. The molecule has 1 aliphatic carbocycles. The SMILES string of the molecule is COc1cncc(C(CC2CCCCC2)NN)c1. The smallest absolute Gasteiger partial charge is 0.137 e. The monoisotopic (exact) mass is 249 g/mol. The largest absolute Gasteiger partial charge is 0.495 e. The quantitative estimate of drug-likeness (QED) is 0.622. The van der Waals surface area contributed by atoms with Crippen LogP contribution in [0.1, 0.15) is 50.1 Å². The molecule has 1 aromatic heterocycles. The van der Waals surface area contributed by atoms with E-state index in [1.165, 1.54) is 32.1 Å².